The summed E-state index contributed by atoms with van der Waals surface area (Å²) >= 11 is 0. The maximum Gasteiger partial charge on any atom is 0.00392 e. The van der Waals surface area contributed by atoms with Crippen molar-refractivity contribution in [2.75, 3.05) is 0 Å². The summed E-state index contributed by atoms with van der Waals surface area (Å²) in [6, 6.07) is 0.832. The molecule has 2 aliphatic rings. The fourth-order valence-corrected chi connectivity index (χ4v) is 4.20. The van der Waals surface area contributed by atoms with Crippen molar-refractivity contribution in [1.29, 1.82) is 0 Å². The van der Waals surface area contributed by atoms with E-state index < -0.39 is 0 Å². The van der Waals surface area contributed by atoms with E-state index in [1.54, 1.807) is 0 Å². The number of hydrogen-bond acceptors (Lipinski definition) is 2. The van der Waals surface area contributed by atoms with Gasteiger partial charge >= 0.3 is 0 Å². The van der Waals surface area contributed by atoms with Crippen LogP contribution in [0.2, 0.25) is 0 Å². The molecular weight excluding hydrogens is 292 g/mol. The lowest BCUT2D eigenvalue weighted by Gasteiger charge is -2.27. The van der Waals surface area contributed by atoms with Crippen LogP contribution in [-0.2, 0) is 0 Å². The molecule has 0 aromatic heterocycles. The smallest absolute Gasteiger partial charge is 0.00392 e. The van der Waals surface area contributed by atoms with Gasteiger partial charge in [0.25, 0.3) is 0 Å². The van der Waals surface area contributed by atoms with Crippen LogP contribution < -0.4 is 11.5 Å². The second kappa shape index (κ2) is 10.0. The van der Waals surface area contributed by atoms with Crippen molar-refractivity contribution in [2.45, 2.75) is 76.8 Å². The molecule has 4 N–H and O–H groups in total. The molecule has 2 rings (SSSR count). The zero-order valence-corrected chi connectivity index (χ0v) is 15.4. The van der Waals surface area contributed by atoms with E-state index in [1.165, 1.54) is 49.7 Å². The Kier molecular flexibility index (Phi) is 8.01. The van der Waals surface area contributed by atoms with Crippen LogP contribution in [0.4, 0.5) is 0 Å². The summed E-state index contributed by atoms with van der Waals surface area (Å²) < 4.78 is 0. The van der Waals surface area contributed by atoms with Crippen LogP contribution >= 0.6 is 0 Å². The third-order valence-corrected chi connectivity index (χ3v) is 5.86. The first-order valence-corrected chi connectivity index (χ1v) is 9.80. The molecule has 0 aliphatic heterocycles. The summed E-state index contributed by atoms with van der Waals surface area (Å²) in [5, 5.41) is 0. The Balaban J connectivity index is 1.85. The van der Waals surface area contributed by atoms with Crippen LogP contribution in [0.5, 0.6) is 0 Å². The Morgan fingerprint density at radius 1 is 0.875 bits per heavy atom. The predicted octanol–water partition coefficient (Wildman–Crippen LogP) is 5.03. The molecule has 0 aromatic carbocycles. The number of hydrogen-bond donors (Lipinski definition) is 2. The molecule has 134 valence electrons. The lowest BCUT2D eigenvalue weighted by molar-refractivity contribution is 0.366. The van der Waals surface area contributed by atoms with Gasteiger partial charge < -0.3 is 11.5 Å². The SMILES string of the molecule is C=C/C(=C\C/C=C/C(=C\C)C1CCC(N)CC1)C1CCC(N)CC1. The summed E-state index contributed by atoms with van der Waals surface area (Å²) in [5.74, 6) is 1.37. The van der Waals surface area contributed by atoms with Gasteiger partial charge in [-0.1, -0.05) is 37.0 Å². The highest BCUT2D eigenvalue weighted by atomic mass is 14.6. The number of allylic oxidation sites excluding steroid dienone is 7. The van der Waals surface area contributed by atoms with E-state index in [0.29, 0.717) is 23.9 Å². The molecule has 0 aromatic rings. The molecule has 2 fully saturated rings. The zero-order valence-electron chi connectivity index (χ0n) is 15.4. The van der Waals surface area contributed by atoms with Gasteiger partial charge in [-0.05, 0) is 87.7 Å². The van der Waals surface area contributed by atoms with Gasteiger partial charge in [0.15, 0.2) is 0 Å². The van der Waals surface area contributed by atoms with E-state index in [-0.39, 0.29) is 0 Å². The van der Waals surface area contributed by atoms with Crippen molar-refractivity contribution in [1.82, 2.24) is 0 Å². The fraction of sp³-hybridized carbons (Fsp3) is 0.636. The molecule has 0 heterocycles. The average Bonchev–Trinajstić information content (AvgIpc) is 2.60. The van der Waals surface area contributed by atoms with E-state index in [0.717, 1.165) is 19.3 Å². The van der Waals surface area contributed by atoms with Crippen molar-refractivity contribution < 1.29 is 0 Å². The molecular formula is C22H36N2. The topological polar surface area (TPSA) is 52.0 Å². The first kappa shape index (κ1) is 19.2. The molecule has 2 nitrogen and oxygen atoms in total. The summed E-state index contributed by atoms with van der Waals surface area (Å²) in [6.45, 7) is 6.18. The van der Waals surface area contributed by atoms with Crippen LogP contribution in [0.1, 0.15) is 64.7 Å². The van der Waals surface area contributed by atoms with Gasteiger partial charge in [-0.15, -0.1) is 0 Å². The second-order valence-corrected chi connectivity index (χ2v) is 7.56. The Hall–Kier alpha value is -1.12. The summed E-state index contributed by atoms with van der Waals surface area (Å²) in [4.78, 5) is 0. The zero-order chi connectivity index (χ0) is 17.4. The van der Waals surface area contributed by atoms with E-state index in [2.05, 4.69) is 43.9 Å². The normalized spacial score (nSPS) is 33.0. The highest BCUT2D eigenvalue weighted by molar-refractivity contribution is 5.25. The van der Waals surface area contributed by atoms with E-state index >= 15 is 0 Å². The van der Waals surface area contributed by atoms with Crippen molar-refractivity contribution in [3.8, 4) is 0 Å². The van der Waals surface area contributed by atoms with Crippen LogP contribution in [0, 0.1) is 11.8 Å². The molecule has 2 saturated carbocycles. The van der Waals surface area contributed by atoms with E-state index in [9.17, 15) is 0 Å². The molecule has 0 spiro atoms. The van der Waals surface area contributed by atoms with Crippen molar-refractivity contribution in [3.63, 3.8) is 0 Å². The number of rotatable bonds is 6. The highest BCUT2D eigenvalue weighted by Crippen LogP contribution is 2.31. The van der Waals surface area contributed by atoms with Crippen LogP contribution in [-0.4, -0.2) is 12.1 Å². The third kappa shape index (κ3) is 5.75. The van der Waals surface area contributed by atoms with Gasteiger partial charge in [0.1, 0.15) is 0 Å². The third-order valence-electron chi connectivity index (χ3n) is 5.86. The molecule has 0 unspecified atom stereocenters. The highest BCUT2D eigenvalue weighted by Gasteiger charge is 2.21. The quantitative estimate of drug-likeness (QED) is 0.672. The molecule has 0 saturated heterocycles. The van der Waals surface area contributed by atoms with Crippen molar-refractivity contribution in [2.24, 2.45) is 23.3 Å². The Bertz CT molecular complexity index is 470. The Morgan fingerprint density at radius 2 is 1.38 bits per heavy atom. The molecule has 24 heavy (non-hydrogen) atoms. The van der Waals surface area contributed by atoms with Crippen LogP contribution in [0.3, 0.4) is 0 Å². The molecule has 0 bridgehead atoms. The molecule has 2 aliphatic carbocycles. The number of nitrogens with two attached hydrogens (primary N) is 2. The van der Waals surface area contributed by atoms with E-state index in [4.69, 9.17) is 11.5 Å². The fourth-order valence-electron chi connectivity index (χ4n) is 4.20. The molecule has 2 heteroatoms. The minimum absolute atomic E-state index is 0.410. The molecule has 0 atom stereocenters. The maximum atomic E-state index is 6.03. The van der Waals surface area contributed by atoms with Gasteiger partial charge in [-0.3, -0.25) is 0 Å². The van der Waals surface area contributed by atoms with Crippen LogP contribution in [0.15, 0.2) is 48.1 Å². The van der Waals surface area contributed by atoms with Crippen molar-refractivity contribution >= 4 is 0 Å². The summed E-state index contributed by atoms with van der Waals surface area (Å²) in [6.07, 6.45) is 21.8. The van der Waals surface area contributed by atoms with Gasteiger partial charge in [0.2, 0.25) is 0 Å². The molecule has 0 amide bonds. The van der Waals surface area contributed by atoms with Gasteiger partial charge in [-0.2, -0.15) is 0 Å². The minimum atomic E-state index is 0.410. The summed E-state index contributed by atoms with van der Waals surface area (Å²) in [7, 11) is 0. The average molecular weight is 329 g/mol. The Labute approximate surface area is 148 Å². The van der Waals surface area contributed by atoms with Gasteiger partial charge in [0, 0.05) is 12.1 Å². The van der Waals surface area contributed by atoms with Crippen molar-refractivity contribution in [3.05, 3.63) is 48.1 Å². The van der Waals surface area contributed by atoms with E-state index in [1.807, 2.05) is 0 Å². The second-order valence-electron chi connectivity index (χ2n) is 7.56. The molecule has 0 radical (unpaired) electrons. The van der Waals surface area contributed by atoms with Gasteiger partial charge in [-0.25, -0.2) is 0 Å². The minimum Gasteiger partial charge on any atom is -0.328 e. The lowest BCUT2D eigenvalue weighted by Crippen LogP contribution is -2.27. The largest absolute Gasteiger partial charge is 0.328 e. The monoisotopic (exact) mass is 328 g/mol. The predicted molar refractivity (Wildman–Crippen MR) is 106 cm³/mol. The van der Waals surface area contributed by atoms with Gasteiger partial charge in [0.05, 0.1) is 0 Å². The maximum absolute atomic E-state index is 6.03. The Morgan fingerprint density at radius 3 is 1.83 bits per heavy atom. The first-order valence-electron chi connectivity index (χ1n) is 9.80. The van der Waals surface area contributed by atoms with Crippen LogP contribution in [0.25, 0.3) is 0 Å². The lowest BCUT2D eigenvalue weighted by atomic mass is 9.81. The standard InChI is InChI=1S/C22H36N2/c1-3-17(19-9-13-21(23)14-10-19)7-5-6-8-18(4-2)20-11-15-22(24)16-12-20/h3-4,6-8,19-22H,1,5,9-16,23-24H2,2H3/b8-6+,17-7+,18-4+. The first-order chi connectivity index (χ1) is 11.6. The summed E-state index contributed by atoms with van der Waals surface area (Å²) in [5.41, 5.74) is 14.9.